The van der Waals surface area contributed by atoms with Crippen LogP contribution in [0.4, 0.5) is 4.79 Å². The van der Waals surface area contributed by atoms with Crippen molar-refractivity contribution in [1.29, 1.82) is 0 Å². The topological polar surface area (TPSA) is 55.9 Å². The zero-order valence-electron chi connectivity index (χ0n) is 14.5. The molecule has 2 fully saturated rings. The molecular weight excluding hydrogens is 324 g/mol. The van der Waals surface area contributed by atoms with E-state index in [-0.39, 0.29) is 11.9 Å². The maximum Gasteiger partial charge on any atom is 0.317 e. The zero-order valence-corrected chi connectivity index (χ0v) is 15.3. The zero-order chi connectivity index (χ0) is 17.1. The number of carbonyl (C=O) groups excluding carboxylic acids is 2. The lowest BCUT2D eigenvalue weighted by Crippen LogP contribution is -2.54. The van der Waals surface area contributed by atoms with E-state index in [9.17, 15) is 9.59 Å². The Bertz CT molecular complexity index is 595. The number of hydrogen-bond donors (Lipinski definition) is 1. The average Bonchev–Trinajstić information content (AvgIpc) is 3.20. The second-order valence-electron chi connectivity index (χ2n) is 6.65. The third-order valence-electron chi connectivity index (χ3n) is 4.97. The van der Waals surface area contributed by atoms with Gasteiger partial charge in [0, 0.05) is 43.6 Å². The molecule has 1 N–H and O–H groups in total. The molecule has 2 aliphatic rings. The van der Waals surface area contributed by atoms with Gasteiger partial charge in [-0.05, 0) is 45.5 Å². The van der Waals surface area contributed by atoms with E-state index in [0.29, 0.717) is 38.8 Å². The molecule has 2 aliphatic heterocycles. The molecule has 1 aromatic rings. The SMILES string of the molecule is Cc1ccc(C(=O)N2CCN(C(=O)NCC3CCCN3C)CC2)s1. The summed E-state index contributed by atoms with van der Waals surface area (Å²) in [5.41, 5.74) is 0. The van der Waals surface area contributed by atoms with Gasteiger partial charge in [0.15, 0.2) is 0 Å². The van der Waals surface area contributed by atoms with Gasteiger partial charge in [0.1, 0.15) is 0 Å². The highest BCUT2D eigenvalue weighted by atomic mass is 32.1. The van der Waals surface area contributed by atoms with E-state index in [1.54, 1.807) is 0 Å². The maximum atomic E-state index is 12.4. The molecular formula is C17H26N4O2S. The summed E-state index contributed by atoms with van der Waals surface area (Å²) in [5.74, 6) is 0.0840. The predicted octanol–water partition coefficient (Wildman–Crippen LogP) is 1.62. The van der Waals surface area contributed by atoms with Crippen LogP contribution in [0.25, 0.3) is 0 Å². The molecule has 1 aromatic heterocycles. The number of hydrogen-bond acceptors (Lipinski definition) is 4. The third kappa shape index (κ3) is 3.89. The highest BCUT2D eigenvalue weighted by Crippen LogP contribution is 2.18. The first-order chi connectivity index (χ1) is 11.5. The van der Waals surface area contributed by atoms with Crippen LogP contribution in [0.3, 0.4) is 0 Å². The van der Waals surface area contributed by atoms with Gasteiger partial charge < -0.3 is 20.0 Å². The van der Waals surface area contributed by atoms with Crippen molar-refractivity contribution in [2.45, 2.75) is 25.8 Å². The van der Waals surface area contributed by atoms with E-state index < -0.39 is 0 Å². The molecule has 2 saturated heterocycles. The number of nitrogens with zero attached hydrogens (tertiary/aromatic N) is 3. The van der Waals surface area contributed by atoms with Gasteiger partial charge in [0.05, 0.1) is 4.88 Å². The Balaban J connectivity index is 1.44. The van der Waals surface area contributed by atoms with Gasteiger partial charge in [-0.2, -0.15) is 0 Å². The van der Waals surface area contributed by atoms with Crippen molar-refractivity contribution in [3.8, 4) is 0 Å². The van der Waals surface area contributed by atoms with Gasteiger partial charge in [-0.25, -0.2) is 4.79 Å². The maximum absolute atomic E-state index is 12.4. The van der Waals surface area contributed by atoms with Crippen LogP contribution in [0.5, 0.6) is 0 Å². The van der Waals surface area contributed by atoms with Crippen molar-refractivity contribution in [2.24, 2.45) is 0 Å². The summed E-state index contributed by atoms with van der Waals surface area (Å²) < 4.78 is 0. The lowest BCUT2D eigenvalue weighted by atomic mass is 10.2. The monoisotopic (exact) mass is 350 g/mol. The number of carbonyl (C=O) groups is 2. The molecule has 132 valence electrons. The smallest absolute Gasteiger partial charge is 0.317 e. The summed E-state index contributed by atoms with van der Waals surface area (Å²) in [7, 11) is 2.11. The summed E-state index contributed by atoms with van der Waals surface area (Å²) in [6.45, 7) is 6.24. The minimum atomic E-state index is -0.00522. The molecule has 3 amide bonds. The van der Waals surface area contributed by atoms with Crippen molar-refractivity contribution in [3.05, 3.63) is 21.9 Å². The summed E-state index contributed by atoms with van der Waals surface area (Å²) in [6, 6.07) is 4.31. The lowest BCUT2D eigenvalue weighted by molar-refractivity contribution is 0.0669. The second-order valence-corrected chi connectivity index (χ2v) is 7.94. The summed E-state index contributed by atoms with van der Waals surface area (Å²) in [4.78, 5) is 32.6. The fraction of sp³-hybridized carbons (Fsp3) is 0.647. The number of nitrogens with one attached hydrogen (secondary N) is 1. The van der Waals surface area contributed by atoms with Gasteiger partial charge in [-0.3, -0.25) is 4.79 Å². The van der Waals surface area contributed by atoms with E-state index in [2.05, 4.69) is 17.3 Å². The number of likely N-dealkylation sites (N-methyl/N-ethyl adjacent to an activating group) is 1. The summed E-state index contributed by atoms with van der Waals surface area (Å²) in [5, 5.41) is 3.05. The van der Waals surface area contributed by atoms with Crippen LogP contribution >= 0.6 is 11.3 Å². The number of likely N-dealkylation sites (tertiary alicyclic amines) is 1. The summed E-state index contributed by atoms with van der Waals surface area (Å²) in [6.07, 6.45) is 2.36. The number of amides is 3. The molecule has 0 spiro atoms. The minimum Gasteiger partial charge on any atom is -0.336 e. The molecule has 7 heteroatoms. The van der Waals surface area contributed by atoms with Crippen LogP contribution in [0.1, 0.15) is 27.4 Å². The molecule has 3 rings (SSSR count). The molecule has 6 nitrogen and oxygen atoms in total. The fourth-order valence-corrected chi connectivity index (χ4v) is 4.21. The van der Waals surface area contributed by atoms with E-state index in [0.717, 1.165) is 22.7 Å². The number of piperazine rings is 1. The second kappa shape index (κ2) is 7.53. The first-order valence-corrected chi connectivity index (χ1v) is 9.45. The first-order valence-electron chi connectivity index (χ1n) is 8.63. The van der Waals surface area contributed by atoms with Gasteiger partial charge in [-0.1, -0.05) is 0 Å². The van der Waals surface area contributed by atoms with Gasteiger partial charge in [0.25, 0.3) is 5.91 Å². The standard InChI is InChI=1S/C17H26N4O2S/c1-13-5-6-15(24-13)16(22)20-8-10-21(11-9-20)17(23)18-12-14-4-3-7-19(14)2/h5-6,14H,3-4,7-12H2,1-2H3,(H,18,23). The Morgan fingerprint density at radius 2 is 1.88 bits per heavy atom. The Labute approximate surface area is 147 Å². The number of thiophene rings is 1. The Morgan fingerprint density at radius 1 is 1.17 bits per heavy atom. The molecule has 1 unspecified atom stereocenters. The highest BCUT2D eigenvalue weighted by molar-refractivity contribution is 7.13. The van der Waals surface area contributed by atoms with Crippen LogP contribution in [0.2, 0.25) is 0 Å². The normalized spacial score (nSPS) is 22.0. The Kier molecular flexibility index (Phi) is 5.40. The van der Waals surface area contributed by atoms with Crippen LogP contribution in [0, 0.1) is 6.92 Å². The number of aryl methyl sites for hydroxylation is 1. The van der Waals surface area contributed by atoms with E-state index in [1.165, 1.54) is 17.8 Å². The highest BCUT2D eigenvalue weighted by Gasteiger charge is 2.27. The lowest BCUT2D eigenvalue weighted by Gasteiger charge is -2.35. The minimum absolute atomic E-state index is 0.00522. The first kappa shape index (κ1) is 17.2. The molecule has 0 aromatic carbocycles. The molecule has 0 saturated carbocycles. The van der Waals surface area contributed by atoms with Crippen molar-refractivity contribution >= 4 is 23.3 Å². The van der Waals surface area contributed by atoms with Crippen molar-refractivity contribution < 1.29 is 9.59 Å². The summed E-state index contributed by atoms with van der Waals surface area (Å²) >= 11 is 1.53. The van der Waals surface area contributed by atoms with Gasteiger partial charge in [0.2, 0.25) is 0 Å². The average molecular weight is 350 g/mol. The molecule has 24 heavy (non-hydrogen) atoms. The molecule has 0 radical (unpaired) electrons. The van der Waals surface area contributed by atoms with Gasteiger partial charge in [-0.15, -0.1) is 11.3 Å². The largest absolute Gasteiger partial charge is 0.336 e. The van der Waals surface area contributed by atoms with Crippen LogP contribution < -0.4 is 5.32 Å². The number of rotatable bonds is 3. The molecule has 3 heterocycles. The van der Waals surface area contributed by atoms with E-state index in [1.807, 2.05) is 28.9 Å². The van der Waals surface area contributed by atoms with Crippen LogP contribution in [0.15, 0.2) is 12.1 Å². The quantitative estimate of drug-likeness (QED) is 0.901. The fourth-order valence-electron chi connectivity index (χ4n) is 3.37. The Hall–Kier alpha value is -1.60. The van der Waals surface area contributed by atoms with Gasteiger partial charge >= 0.3 is 6.03 Å². The van der Waals surface area contributed by atoms with E-state index >= 15 is 0 Å². The van der Waals surface area contributed by atoms with Crippen LogP contribution in [-0.4, -0.2) is 79.0 Å². The van der Waals surface area contributed by atoms with Crippen molar-refractivity contribution in [3.63, 3.8) is 0 Å². The predicted molar refractivity (Wildman–Crippen MR) is 95.6 cm³/mol. The Morgan fingerprint density at radius 3 is 2.46 bits per heavy atom. The van der Waals surface area contributed by atoms with E-state index in [4.69, 9.17) is 0 Å². The van der Waals surface area contributed by atoms with Crippen molar-refractivity contribution in [2.75, 3.05) is 46.3 Å². The molecule has 0 bridgehead atoms. The number of urea groups is 1. The third-order valence-corrected chi connectivity index (χ3v) is 5.95. The molecule has 0 aliphatic carbocycles. The van der Waals surface area contributed by atoms with Crippen molar-refractivity contribution in [1.82, 2.24) is 20.0 Å². The molecule has 1 atom stereocenters. The van der Waals surface area contributed by atoms with Crippen LogP contribution in [-0.2, 0) is 0 Å².